The Morgan fingerprint density at radius 2 is 2.05 bits per heavy atom. The molecule has 1 aliphatic heterocycles. The molecule has 1 unspecified atom stereocenters. The average Bonchev–Trinajstić information content (AvgIpc) is 3.33. The first-order valence-electron chi connectivity index (χ1n) is 13.2. The summed E-state index contributed by atoms with van der Waals surface area (Å²) in [6.07, 6.45) is 2.49. The minimum absolute atomic E-state index is 0.0574. The summed E-state index contributed by atoms with van der Waals surface area (Å²) in [5.41, 5.74) is 8.28. The molecule has 5 rings (SSSR count). The van der Waals surface area contributed by atoms with Crippen LogP contribution in [0.3, 0.4) is 0 Å². The Hall–Kier alpha value is -3.99. The van der Waals surface area contributed by atoms with E-state index < -0.39 is 11.9 Å². The molecule has 0 spiro atoms. The molecule has 1 atom stereocenters. The molecule has 41 heavy (non-hydrogen) atoms. The number of nitrogens with two attached hydrogens (primary N) is 1. The van der Waals surface area contributed by atoms with Crippen LogP contribution in [0, 0.1) is 11.2 Å². The van der Waals surface area contributed by atoms with Crippen LogP contribution < -0.4 is 10.5 Å². The summed E-state index contributed by atoms with van der Waals surface area (Å²) in [7, 11) is 0. The number of hydrogen-bond donors (Lipinski definition) is 1. The summed E-state index contributed by atoms with van der Waals surface area (Å²) in [4.78, 5) is 26.7. The van der Waals surface area contributed by atoms with Crippen molar-refractivity contribution in [3.8, 4) is 5.75 Å². The maximum Gasteiger partial charge on any atom is 0.340 e. The highest BCUT2D eigenvalue weighted by molar-refractivity contribution is 9.10. The van der Waals surface area contributed by atoms with E-state index in [-0.39, 0.29) is 41.7 Å². The van der Waals surface area contributed by atoms with Crippen LogP contribution in [-0.4, -0.2) is 33.4 Å². The van der Waals surface area contributed by atoms with Gasteiger partial charge in [0.2, 0.25) is 5.88 Å². The van der Waals surface area contributed by atoms with Gasteiger partial charge in [0.15, 0.2) is 5.78 Å². The first kappa shape index (κ1) is 28.5. The number of halogens is 2. The van der Waals surface area contributed by atoms with Gasteiger partial charge in [0.1, 0.15) is 35.2 Å². The summed E-state index contributed by atoms with van der Waals surface area (Å²) in [6, 6.07) is 11.6. The number of benzene rings is 2. The Kier molecular flexibility index (Phi) is 7.99. The maximum atomic E-state index is 13.6. The van der Waals surface area contributed by atoms with E-state index in [9.17, 15) is 14.0 Å². The van der Waals surface area contributed by atoms with Crippen LogP contribution in [0.4, 0.5) is 4.39 Å². The number of Topliss-reactive ketones (excluding diaryl/α,β-unsaturated/α-hetero) is 1. The standard InChI is InChI=1S/C30H30BrFN4O5/c1-4-39-29(38)27-25(26-22(37)12-30(2,3)13-24(26)41-28(27)33)21-11-18(31)8-9-23(21)40-16-20-15-36(35-34-20)14-17-6-5-7-19(32)10-17/h5-11,15,25H,4,12-14,16,33H2,1-3H3. The third-order valence-corrected chi connectivity index (χ3v) is 7.42. The van der Waals surface area contributed by atoms with Crippen molar-refractivity contribution in [2.45, 2.75) is 52.7 Å². The van der Waals surface area contributed by atoms with Gasteiger partial charge in [0, 0.05) is 28.5 Å². The number of hydrogen-bond acceptors (Lipinski definition) is 8. The third kappa shape index (κ3) is 6.19. The molecule has 3 aromatic rings. The lowest BCUT2D eigenvalue weighted by molar-refractivity contribution is -0.139. The smallest absolute Gasteiger partial charge is 0.340 e. The Balaban J connectivity index is 1.48. The Morgan fingerprint density at radius 3 is 2.80 bits per heavy atom. The van der Waals surface area contributed by atoms with E-state index in [0.29, 0.717) is 47.7 Å². The number of ketones is 1. The molecule has 0 radical (unpaired) electrons. The molecule has 2 N–H and O–H groups in total. The number of esters is 1. The van der Waals surface area contributed by atoms with E-state index in [2.05, 4.69) is 26.2 Å². The van der Waals surface area contributed by atoms with Crippen molar-refractivity contribution in [3.05, 3.63) is 98.6 Å². The number of allylic oxidation sites excluding steroid dienone is 2. The fraction of sp³-hybridized carbons (Fsp3) is 0.333. The first-order valence-corrected chi connectivity index (χ1v) is 14.0. The zero-order valence-electron chi connectivity index (χ0n) is 22.9. The average molecular weight is 625 g/mol. The Bertz CT molecular complexity index is 1580. The van der Waals surface area contributed by atoms with E-state index in [1.807, 2.05) is 13.8 Å². The quantitative estimate of drug-likeness (QED) is 0.336. The zero-order chi connectivity index (χ0) is 29.3. The molecule has 0 amide bonds. The second-order valence-corrected chi connectivity index (χ2v) is 11.7. The molecule has 0 fully saturated rings. The minimum Gasteiger partial charge on any atom is -0.487 e. The van der Waals surface area contributed by atoms with Gasteiger partial charge >= 0.3 is 5.97 Å². The molecular formula is C30H30BrFN4O5. The molecule has 2 aliphatic rings. The summed E-state index contributed by atoms with van der Waals surface area (Å²) >= 11 is 3.52. The number of carbonyl (C=O) groups is 2. The van der Waals surface area contributed by atoms with Crippen molar-refractivity contribution in [2.24, 2.45) is 11.1 Å². The summed E-state index contributed by atoms with van der Waals surface area (Å²) in [6.45, 7) is 6.20. The van der Waals surface area contributed by atoms with Crippen molar-refractivity contribution >= 4 is 27.7 Å². The molecule has 11 heteroatoms. The number of rotatable bonds is 8. The number of ether oxygens (including phenoxy) is 3. The normalized spacial score (nSPS) is 18.2. The minimum atomic E-state index is -0.849. The van der Waals surface area contributed by atoms with Crippen LogP contribution in [0.2, 0.25) is 0 Å². The summed E-state index contributed by atoms with van der Waals surface area (Å²) in [5, 5.41) is 8.31. The van der Waals surface area contributed by atoms with Crippen LogP contribution in [0.15, 0.2) is 75.9 Å². The van der Waals surface area contributed by atoms with Crippen molar-refractivity contribution in [1.82, 2.24) is 15.0 Å². The highest BCUT2D eigenvalue weighted by Gasteiger charge is 2.46. The number of nitrogens with zero attached hydrogens (tertiary/aromatic N) is 3. The van der Waals surface area contributed by atoms with Crippen LogP contribution in [-0.2, 0) is 32.2 Å². The molecule has 2 aromatic carbocycles. The van der Waals surface area contributed by atoms with Crippen molar-refractivity contribution in [2.75, 3.05) is 6.61 Å². The lowest BCUT2D eigenvalue weighted by Crippen LogP contribution is -2.35. The fourth-order valence-corrected chi connectivity index (χ4v) is 5.61. The molecule has 0 saturated carbocycles. The topological polar surface area (TPSA) is 119 Å². The molecule has 214 valence electrons. The van der Waals surface area contributed by atoms with Gasteiger partial charge < -0.3 is 19.9 Å². The van der Waals surface area contributed by atoms with E-state index in [1.54, 1.807) is 48.1 Å². The molecule has 2 heterocycles. The molecular weight excluding hydrogens is 595 g/mol. The van der Waals surface area contributed by atoms with Crippen LogP contribution in [0.1, 0.15) is 56.4 Å². The second kappa shape index (κ2) is 11.5. The highest BCUT2D eigenvalue weighted by atomic mass is 79.9. The lowest BCUT2D eigenvalue weighted by Gasteiger charge is -2.38. The Labute approximate surface area is 245 Å². The predicted octanol–water partition coefficient (Wildman–Crippen LogP) is 5.30. The van der Waals surface area contributed by atoms with Gasteiger partial charge in [-0.05, 0) is 48.2 Å². The predicted molar refractivity (Wildman–Crippen MR) is 151 cm³/mol. The molecule has 0 saturated heterocycles. The van der Waals surface area contributed by atoms with Crippen LogP contribution >= 0.6 is 15.9 Å². The van der Waals surface area contributed by atoms with Crippen LogP contribution in [0.25, 0.3) is 0 Å². The van der Waals surface area contributed by atoms with Gasteiger partial charge in [-0.3, -0.25) is 4.79 Å². The molecule has 1 aromatic heterocycles. The maximum absolute atomic E-state index is 13.6. The van der Waals surface area contributed by atoms with Gasteiger partial charge in [-0.15, -0.1) is 5.10 Å². The Morgan fingerprint density at radius 1 is 1.24 bits per heavy atom. The SMILES string of the molecule is CCOC(=O)C1=C(N)OC2=C(C(=O)CC(C)(C)C2)C1c1cc(Br)ccc1OCc1cn(Cc2cccc(F)c2)nn1. The van der Waals surface area contributed by atoms with E-state index >= 15 is 0 Å². The van der Waals surface area contributed by atoms with Crippen molar-refractivity contribution < 1.29 is 28.2 Å². The lowest BCUT2D eigenvalue weighted by atomic mass is 9.70. The fourth-order valence-electron chi connectivity index (χ4n) is 5.24. The summed E-state index contributed by atoms with van der Waals surface area (Å²) in [5.74, 6) is -1.17. The van der Waals surface area contributed by atoms with Gasteiger partial charge in [-0.25, -0.2) is 13.9 Å². The van der Waals surface area contributed by atoms with Crippen molar-refractivity contribution in [1.29, 1.82) is 0 Å². The molecule has 0 bridgehead atoms. The van der Waals surface area contributed by atoms with Crippen LogP contribution in [0.5, 0.6) is 5.75 Å². The van der Waals surface area contributed by atoms with E-state index in [1.165, 1.54) is 12.1 Å². The molecule has 1 aliphatic carbocycles. The molecule has 9 nitrogen and oxygen atoms in total. The highest BCUT2D eigenvalue weighted by Crippen LogP contribution is 2.50. The zero-order valence-corrected chi connectivity index (χ0v) is 24.5. The summed E-state index contributed by atoms with van der Waals surface area (Å²) < 4.78 is 33.3. The van der Waals surface area contributed by atoms with E-state index in [4.69, 9.17) is 19.9 Å². The second-order valence-electron chi connectivity index (χ2n) is 10.8. The van der Waals surface area contributed by atoms with Gasteiger partial charge in [0.25, 0.3) is 0 Å². The van der Waals surface area contributed by atoms with Gasteiger partial charge in [-0.1, -0.05) is 47.1 Å². The van der Waals surface area contributed by atoms with Gasteiger partial charge in [0.05, 0.1) is 25.3 Å². The first-order chi connectivity index (χ1) is 19.5. The van der Waals surface area contributed by atoms with Gasteiger partial charge in [-0.2, -0.15) is 0 Å². The van der Waals surface area contributed by atoms with Crippen molar-refractivity contribution in [3.63, 3.8) is 0 Å². The largest absolute Gasteiger partial charge is 0.487 e. The monoisotopic (exact) mass is 624 g/mol. The number of carbonyl (C=O) groups excluding carboxylic acids is 2. The number of aromatic nitrogens is 3. The van der Waals surface area contributed by atoms with E-state index in [0.717, 1.165) is 10.0 Å². The third-order valence-electron chi connectivity index (χ3n) is 6.93.